The number of nitrogens with one attached hydrogen (secondary N) is 1. The summed E-state index contributed by atoms with van der Waals surface area (Å²) in [6.45, 7) is 9.27. The lowest BCUT2D eigenvalue weighted by Crippen LogP contribution is -2.72. The van der Waals surface area contributed by atoms with Gasteiger partial charge in [0.2, 0.25) is 0 Å². The molecule has 0 radical (unpaired) electrons. The average Bonchev–Trinajstić information content (AvgIpc) is 3.45. The Hall–Kier alpha value is -4.13. The third kappa shape index (κ3) is 9.70. The molecule has 1 unspecified atom stereocenters. The maximum atomic E-state index is 13.1. The van der Waals surface area contributed by atoms with Crippen LogP contribution in [-0.2, 0) is 22.5 Å². The molecule has 0 aliphatic heterocycles. The Kier molecular flexibility index (Phi) is 11.1. The van der Waals surface area contributed by atoms with Crippen molar-refractivity contribution in [2.24, 2.45) is 5.73 Å². The Labute approximate surface area is 252 Å². The maximum Gasteiger partial charge on any atom is 0.441 e. The SMILES string of the molecule is CCCCN(C(=O)ONC(=O)OC(C)(C)C)C(N)(Cc1ccc(-c2ccc(OCCn3ccnc3)cc2)cc1)C(C)(O)O. The summed E-state index contributed by atoms with van der Waals surface area (Å²) >= 11 is 0. The Bertz CT molecular complexity index is 1300. The number of unbranched alkanes of at least 4 members (excludes halogenated alkanes) is 1. The van der Waals surface area contributed by atoms with Gasteiger partial charge in [-0.1, -0.05) is 49.7 Å². The number of benzene rings is 2. The van der Waals surface area contributed by atoms with Crippen LogP contribution in [0.25, 0.3) is 11.1 Å². The standard InChI is InChI=1S/C31H43N5O7/c1-6-7-17-36(28(38)43-34-27(37)42-29(2,3)4)31(32,30(5,39)40)21-23-8-10-24(11-9-23)25-12-14-26(15-13-25)41-20-19-35-18-16-33-22-35/h8-16,18,22,39-40H,6-7,17,19-21,32H2,1-5H3,(H,34,37). The van der Waals surface area contributed by atoms with Crippen molar-refractivity contribution in [3.8, 4) is 16.9 Å². The summed E-state index contributed by atoms with van der Waals surface area (Å²) in [6.07, 6.45) is 4.39. The van der Waals surface area contributed by atoms with Gasteiger partial charge < -0.3 is 34.8 Å². The van der Waals surface area contributed by atoms with Gasteiger partial charge in [-0.05, 0) is 62.9 Å². The maximum absolute atomic E-state index is 13.1. The first-order valence-electron chi connectivity index (χ1n) is 14.2. The Morgan fingerprint density at radius 2 is 1.65 bits per heavy atom. The van der Waals surface area contributed by atoms with E-state index < -0.39 is 29.2 Å². The third-order valence-electron chi connectivity index (χ3n) is 6.67. The Morgan fingerprint density at radius 3 is 2.19 bits per heavy atom. The highest BCUT2D eigenvalue weighted by Crippen LogP contribution is 2.29. The van der Waals surface area contributed by atoms with Gasteiger partial charge in [-0.2, -0.15) is 0 Å². The van der Waals surface area contributed by atoms with Gasteiger partial charge in [-0.25, -0.2) is 14.6 Å². The van der Waals surface area contributed by atoms with Crippen LogP contribution in [0.1, 0.15) is 53.0 Å². The van der Waals surface area contributed by atoms with Crippen LogP contribution in [0.4, 0.5) is 9.59 Å². The molecule has 234 valence electrons. The zero-order chi connectivity index (χ0) is 31.7. The van der Waals surface area contributed by atoms with E-state index in [1.54, 1.807) is 45.4 Å². The summed E-state index contributed by atoms with van der Waals surface area (Å²) in [5, 5.41) is 21.5. The highest BCUT2D eigenvalue weighted by atomic mass is 16.7. The summed E-state index contributed by atoms with van der Waals surface area (Å²) in [6, 6.07) is 15.1. The van der Waals surface area contributed by atoms with Crippen LogP contribution in [0.15, 0.2) is 67.3 Å². The van der Waals surface area contributed by atoms with Gasteiger partial charge in [0.25, 0.3) is 0 Å². The monoisotopic (exact) mass is 597 g/mol. The second kappa shape index (κ2) is 14.4. The van der Waals surface area contributed by atoms with Gasteiger partial charge in [-0.3, -0.25) is 4.90 Å². The summed E-state index contributed by atoms with van der Waals surface area (Å²) < 4.78 is 12.9. The second-order valence-corrected chi connectivity index (χ2v) is 11.5. The number of ether oxygens (including phenoxy) is 2. The molecule has 1 atom stereocenters. The van der Waals surface area contributed by atoms with Gasteiger partial charge in [-0.15, -0.1) is 5.48 Å². The van der Waals surface area contributed by atoms with Crippen LogP contribution >= 0.6 is 0 Å². The minimum Gasteiger partial charge on any atom is -0.492 e. The first-order valence-corrected chi connectivity index (χ1v) is 14.2. The number of aliphatic hydroxyl groups is 2. The van der Waals surface area contributed by atoms with Crippen molar-refractivity contribution in [3.05, 3.63) is 72.8 Å². The lowest BCUT2D eigenvalue weighted by atomic mass is 9.90. The fourth-order valence-electron chi connectivity index (χ4n) is 4.29. The predicted octanol–water partition coefficient (Wildman–Crippen LogP) is 4.21. The second-order valence-electron chi connectivity index (χ2n) is 11.5. The van der Waals surface area contributed by atoms with E-state index in [0.717, 1.165) is 28.7 Å². The molecule has 5 N–H and O–H groups in total. The fraction of sp³-hybridized carbons (Fsp3) is 0.452. The molecule has 0 aliphatic carbocycles. The summed E-state index contributed by atoms with van der Waals surface area (Å²) in [4.78, 5) is 35.1. The quantitative estimate of drug-likeness (QED) is 0.177. The third-order valence-corrected chi connectivity index (χ3v) is 6.67. The van der Waals surface area contributed by atoms with Crippen LogP contribution < -0.4 is 16.0 Å². The van der Waals surface area contributed by atoms with Crippen LogP contribution in [0.5, 0.6) is 5.75 Å². The number of nitrogens with zero attached hydrogens (tertiary/aromatic N) is 3. The van der Waals surface area contributed by atoms with Crippen molar-refractivity contribution >= 4 is 12.2 Å². The number of imidazole rings is 1. The van der Waals surface area contributed by atoms with E-state index in [1.165, 1.54) is 0 Å². The van der Waals surface area contributed by atoms with Gasteiger partial charge in [0.05, 0.1) is 12.9 Å². The summed E-state index contributed by atoms with van der Waals surface area (Å²) in [7, 11) is 0. The van der Waals surface area contributed by atoms with Crippen LogP contribution in [0.3, 0.4) is 0 Å². The van der Waals surface area contributed by atoms with E-state index in [1.807, 2.05) is 59.6 Å². The van der Waals surface area contributed by atoms with Crippen LogP contribution in [0.2, 0.25) is 0 Å². The van der Waals surface area contributed by atoms with E-state index in [4.69, 9.17) is 20.0 Å². The number of hydrogen-bond acceptors (Lipinski definition) is 9. The largest absolute Gasteiger partial charge is 0.492 e. The number of carbonyl (C=O) groups is 2. The van der Waals surface area contributed by atoms with E-state index in [-0.39, 0.29) is 13.0 Å². The van der Waals surface area contributed by atoms with E-state index >= 15 is 0 Å². The van der Waals surface area contributed by atoms with Crippen molar-refractivity contribution in [2.75, 3.05) is 13.2 Å². The van der Waals surface area contributed by atoms with Crippen molar-refractivity contribution < 1.29 is 34.1 Å². The van der Waals surface area contributed by atoms with Gasteiger partial charge in [0.15, 0.2) is 11.4 Å². The van der Waals surface area contributed by atoms with Crippen molar-refractivity contribution in [3.63, 3.8) is 0 Å². The first kappa shape index (κ1) is 33.4. The molecule has 43 heavy (non-hydrogen) atoms. The summed E-state index contributed by atoms with van der Waals surface area (Å²) in [5.41, 5.74) is 8.26. The number of rotatable bonds is 12. The zero-order valence-corrected chi connectivity index (χ0v) is 25.4. The average molecular weight is 598 g/mol. The Balaban J connectivity index is 1.71. The molecule has 3 rings (SSSR count). The molecule has 2 amide bonds. The van der Waals surface area contributed by atoms with Gasteiger partial charge in [0.1, 0.15) is 18.0 Å². The highest BCUT2D eigenvalue weighted by Gasteiger charge is 2.50. The van der Waals surface area contributed by atoms with Gasteiger partial charge in [0, 0.05) is 25.4 Å². The number of nitrogens with two attached hydrogens (primary N) is 1. The smallest absolute Gasteiger partial charge is 0.441 e. The molecule has 0 aliphatic rings. The topological polar surface area (TPSA) is 161 Å². The lowest BCUT2D eigenvalue weighted by molar-refractivity contribution is -0.231. The number of carbonyl (C=O) groups excluding carboxylic acids is 2. The van der Waals surface area contributed by atoms with Crippen molar-refractivity contribution in [1.29, 1.82) is 0 Å². The molecule has 2 aromatic carbocycles. The molecule has 0 fully saturated rings. The molecule has 3 aromatic rings. The molecule has 12 nitrogen and oxygen atoms in total. The van der Waals surface area contributed by atoms with E-state index in [0.29, 0.717) is 31.6 Å². The number of aromatic nitrogens is 2. The molecule has 1 heterocycles. The molecule has 0 spiro atoms. The molecule has 0 saturated carbocycles. The minimum atomic E-state index is -2.53. The number of hydrogen-bond donors (Lipinski definition) is 4. The molecule has 12 heteroatoms. The Morgan fingerprint density at radius 1 is 1.02 bits per heavy atom. The van der Waals surface area contributed by atoms with E-state index in [2.05, 4.69) is 4.98 Å². The van der Waals surface area contributed by atoms with Crippen LogP contribution in [0, 0.1) is 0 Å². The minimum absolute atomic E-state index is 0.0490. The molecular weight excluding hydrogens is 554 g/mol. The summed E-state index contributed by atoms with van der Waals surface area (Å²) in [5.74, 6) is -1.78. The number of amides is 2. The first-order chi connectivity index (χ1) is 20.2. The zero-order valence-electron chi connectivity index (χ0n) is 25.4. The number of hydroxylamine groups is 1. The molecule has 1 aromatic heterocycles. The lowest BCUT2D eigenvalue weighted by Gasteiger charge is -2.46. The van der Waals surface area contributed by atoms with Crippen LogP contribution in [-0.4, -0.2) is 67.1 Å². The highest BCUT2D eigenvalue weighted by molar-refractivity contribution is 5.73. The predicted molar refractivity (Wildman–Crippen MR) is 161 cm³/mol. The normalized spacial score (nSPS) is 13.1. The van der Waals surface area contributed by atoms with Crippen molar-refractivity contribution in [1.82, 2.24) is 19.9 Å². The fourth-order valence-corrected chi connectivity index (χ4v) is 4.29. The molecule has 0 saturated heterocycles. The van der Waals surface area contributed by atoms with E-state index in [9.17, 15) is 19.8 Å². The molecule has 0 bridgehead atoms. The van der Waals surface area contributed by atoms with Gasteiger partial charge >= 0.3 is 12.2 Å². The van der Waals surface area contributed by atoms with Crippen molar-refractivity contribution in [2.45, 2.75) is 77.5 Å². The molecular formula is C31H43N5O7.